The van der Waals surface area contributed by atoms with Gasteiger partial charge in [0.15, 0.2) is 0 Å². The quantitative estimate of drug-likeness (QED) is 0.852. The zero-order chi connectivity index (χ0) is 11.4. The second kappa shape index (κ2) is 5.14. The van der Waals surface area contributed by atoms with Gasteiger partial charge in [-0.3, -0.25) is 4.79 Å². The molecule has 0 aliphatic heterocycles. The third-order valence-electron chi connectivity index (χ3n) is 3.29. The van der Waals surface area contributed by atoms with Gasteiger partial charge in [0.1, 0.15) is 11.9 Å². The molecule has 2 atom stereocenters. The van der Waals surface area contributed by atoms with E-state index in [1.165, 1.54) is 25.3 Å². The number of H-pyrrole nitrogens is 1. The lowest BCUT2D eigenvalue weighted by molar-refractivity contribution is 0.0897. The Morgan fingerprint density at radius 3 is 3.06 bits per heavy atom. The maximum absolute atomic E-state index is 11.1. The van der Waals surface area contributed by atoms with Gasteiger partial charge in [-0.25, -0.2) is 5.10 Å². The largest absolute Gasteiger partial charge is 0.488 e. The summed E-state index contributed by atoms with van der Waals surface area (Å²) in [5.74, 6) is 1.21. The molecule has 88 valence electrons. The van der Waals surface area contributed by atoms with Crippen molar-refractivity contribution in [1.29, 1.82) is 0 Å². The van der Waals surface area contributed by atoms with Crippen LogP contribution in [0.5, 0.6) is 5.75 Å². The normalized spacial score (nSPS) is 25.3. The highest BCUT2D eigenvalue weighted by atomic mass is 16.5. The fourth-order valence-corrected chi connectivity index (χ4v) is 2.39. The van der Waals surface area contributed by atoms with Gasteiger partial charge in [0.05, 0.1) is 6.20 Å². The van der Waals surface area contributed by atoms with Crippen LogP contribution in [-0.4, -0.2) is 16.3 Å². The molecule has 1 saturated carbocycles. The van der Waals surface area contributed by atoms with Crippen LogP contribution in [0.1, 0.15) is 39.0 Å². The minimum absolute atomic E-state index is 0.207. The van der Waals surface area contributed by atoms with Crippen molar-refractivity contribution < 1.29 is 4.74 Å². The second-order valence-corrected chi connectivity index (χ2v) is 4.39. The molecule has 0 saturated heterocycles. The SMILES string of the molecule is CCC1CCCCC1Oc1cn[nH]c(=O)c1. The smallest absolute Gasteiger partial charge is 0.267 e. The molecule has 2 unspecified atom stereocenters. The highest BCUT2D eigenvalue weighted by Crippen LogP contribution is 2.29. The van der Waals surface area contributed by atoms with E-state index >= 15 is 0 Å². The highest BCUT2D eigenvalue weighted by molar-refractivity contribution is 5.13. The van der Waals surface area contributed by atoms with Gasteiger partial charge in [0.2, 0.25) is 0 Å². The van der Waals surface area contributed by atoms with Gasteiger partial charge in [0.25, 0.3) is 5.56 Å². The number of nitrogens with one attached hydrogen (secondary N) is 1. The lowest BCUT2D eigenvalue weighted by atomic mass is 9.85. The Bertz CT molecular complexity index is 389. The zero-order valence-corrected chi connectivity index (χ0v) is 9.61. The Kier molecular flexibility index (Phi) is 3.59. The van der Waals surface area contributed by atoms with E-state index in [1.807, 2.05) is 0 Å². The molecule has 0 aromatic carbocycles. The maximum Gasteiger partial charge on any atom is 0.267 e. The number of rotatable bonds is 3. The van der Waals surface area contributed by atoms with Gasteiger partial charge in [-0.2, -0.15) is 5.10 Å². The average Bonchev–Trinajstić information content (AvgIpc) is 2.30. The topological polar surface area (TPSA) is 55.0 Å². The second-order valence-electron chi connectivity index (χ2n) is 4.39. The van der Waals surface area contributed by atoms with E-state index in [4.69, 9.17) is 4.74 Å². The molecule has 4 heteroatoms. The standard InChI is InChI=1S/C12H18N2O2/c1-2-9-5-3-4-6-11(9)16-10-7-12(15)14-13-8-10/h7-9,11H,2-6H2,1H3,(H,14,15). The van der Waals surface area contributed by atoms with Crippen LogP contribution in [0.4, 0.5) is 0 Å². The van der Waals surface area contributed by atoms with Crippen LogP contribution >= 0.6 is 0 Å². The Morgan fingerprint density at radius 1 is 1.50 bits per heavy atom. The minimum atomic E-state index is -0.207. The molecule has 0 bridgehead atoms. The van der Waals surface area contributed by atoms with Gasteiger partial charge < -0.3 is 4.74 Å². The minimum Gasteiger partial charge on any atom is -0.488 e. The van der Waals surface area contributed by atoms with E-state index in [0.717, 1.165) is 12.8 Å². The molecule has 1 aromatic heterocycles. The molecule has 1 fully saturated rings. The number of ether oxygens (including phenoxy) is 1. The fraction of sp³-hybridized carbons (Fsp3) is 0.667. The molecule has 0 spiro atoms. The van der Waals surface area contributed by atoms with Gasteiger partial charge in [0, 0.05) is 6.07 Å². The van der Waals surface area contributed by atoms with Crippen LogP contribution in [0.2, 0.25) is 0 Å². The van der Waals surface area contributed by atoms with Crippen LogP contribution in [0.3, 0.4) is 0 Å². The van der Waals surface area contributed by atoms with E-state index in [0.29, 0.717) is 11.7 Å². The van der Waals surface area contributed by atoms with Crippen molar-refractivity contribution in [3.63, 3.8) is 0 Å². The van der Waals surface area contributed by atoms with Gasteiger partial charge in [-0.15, -0.1) is 0 Å². The lowest BCUT2D eigenvalue weighted by Gasteiger charge is -2.30. The fourth-order valence-electron chi connectivity index (χ4n) is 2.39. The van der Waals surface area contributed by atoms with Crippen LogP contribution in [0.25, 0.3) is 0 Å². The Hall–Kier alpha value is -1.32. The van der Waals surface area contributed by atoms with Crippen molar-refractivity contribution >= 4 is 0 Å². The molecule has 1 heterocycles. The van der Waals surface area contributed by atoms with Crippen molar-refractivity contribution in [3.05, 3.63) is 22.6 Å². The van der Waals surface area contributed by atoms with Gasteiger partial charge >= 0.3 is 0 Å². The Balaban J connectivity index is 2.05. The highest BCUT2D eigenvalue weighted by Gasteiger charge is 2.25. The monoisotopic (exact) mass is 222 g/mol. The maximum atomic E-state index is 11.1. The van der Waals surface area contributed by atoms with E-state index in [-0.39, 0.29) is 11.7 Å². The Labute approximate surface area is 95.0 Å². The summed E-state index contributed by atoms with van der Waals surface area (Å²) in [6.45, 7) is 2.20. The first-order chi connectivity index (χ1) is 7.79. The Morgan fingerprint density at radius 2 is 2.31 bits per heavy atom. The zero-order valence-electron chi connectivity index (χ0n) is 9.61. The number of hydrogen-bond donors (Lipinski definition) is 1. The summed E-state index contributed by atoms with van der Waals surface area (Å²) < 4.78 is 5.86. The summed E-state index contributed by atoms with van der Waals surface area (Å²) in [7, 11) is 0. The summed E-state index contributed by atoms with van der Waals surface area (Å²) >= 11 is 0. The predicted molar refractivity (Wildman–Crippen MR) is 61.5 cm³/mol. The molecule has 0 radical (unpaired) electrons. The molecule has 0 amide bonds. The predicted octanol–water partition coefficient (Wildman–Crippen LogP) is 2.12. The number of aromatic nitrogens is 2. The van der Waals surface area contributed by atoms with Crippen LogP contribution in [-0.2, 0) is 0 Å². The molecule has 16 heavy (non-hydrogen) atoms. The summed E-state index contributed by atoms with van der Waals surface area (Å²) in [4.78, 5) is 11.1. The third-order valence-corrected chi connectivity index (χ3v) is 3.29. The third kappa shape index (κ3) is 2.62. The molecular formula is C12H18N2O2. The number of hydrogen-bond acceptors (Lipinski definition) is 3. The first kappa shape index (κ1) is 11.2. The molecule has 4 nitrogen and oxygen atoms in total. The average molecular weight is 222 g/mol. The van der Waals surface area contributed by atoms with Crippen molar-refractivity contribution in [2.45, 2.75) is 45.1 Å². The summed E-state index contributed by atoms with van der Waals surface area (Å²) in [5, 5.41) is 6.09. The van der Waals surface area contributed by atoms with Crippen LogP contribution in [0, 0.1) is 5.92 Å². The van der Waals surface area contributed by atoms with Gasteiger partial charge in [-0.05, 0) is 31.6 Å². The molecule has 1 N–H and O–H groups in total. The first-order valence-corrected chi connectivity index (χ1v) is 6.01. The lowest BCUT2D eigenvalue weighted by Crippen LogP contribution is -2.30. The van der Waals surface area contributed by atoms with E-state index in [9.17, 15) is 4.79 Å². The molecule has 1 aliphatic rings. The van der Waals surface area contributed by atoms with Crippen LogP contribution < -0.4 is 10.3 Å². The van der Waals surface area contributed by atoms with Crippen LogP contribution in [0.15, 0.2) is 17.1 Å². The summed E-state index contributed by atoms with van der Waals surface area (Å²) in [6.07, 6.45) is 7.80. The molecule has 2 rings (SSSR count). The summed E-state index contributed by atoms with van der Waals surface area (Å²) in [5.41, 5.74) is -0.207. The summed E-state index contributed by atoms with van der Waals surface area (Å²) in [6, 6.07) is 1.47. The van der Waals surface area contributed by atoms with Crippen molar-refractivity contribution in [3.8, 4) is 5.75 Å². The molecule has 1 aromatic rings. The van der Waals surface area contributed by atoms with Crippen molar-refractivity contribution in [2.75, 3.05) is 0 Å². The number of aromatic amines is 1. The molecule has 1 aliphatic carbocycles. The van der Waals surface area contributed by atoms with Crippen molar-refractivity contribution in [2.24, 2.45) is 5.92 Å². The molecular weight excluding hydrogens is 204 g/mol. The van der Waals surface area contributed by atoms with Gasteiger partial charge in [-0.1, -0.05) is 13.3 Å². The van der Waals surface area contributed by atoms with E-state index < -0.39 is 0 Å². The van der Waals surface area contributed by atoms with Crippen molar-refractivity contribution in [1.82, 2.24) is 10.2 Å². The van der Waals surface area contributed by atoms with E-state index in [1.54, 1.807) is 6.20 Å². The van der Waals surface area contributed by atoms with E-state index in [2.05, 4.69) is 17.1 Å². The first-order valence-electron chi connectivity index (χ1n) is 6.01. The number of nitrogens with zero attached hydrogens (tertiary/aromatic N) is 1.